The molecule has 50 heavy (non-hydrogen) atoms. The van der Waals surface area contributed by atoms with Crippen molar-refractivity contribution in [3.8, 4) is 11.5 Å². The number of phenolic OH excluding ortho intramolecular Hbond substituents is 1. The van der Waals surface area contributed by atoms with Gasteiger partial charge in [0.05, 0.1) is 39.3 Å². The molecular weight excluding hydrogens is 659 g/mol. The largest absolute Gasteiger partial charge is 0.507 e. The maximum atomic E-state index is 14.6. The van der Waals surface area contributed by atoms with Crippen molar-refractivity contribution in [2.24, 2.45) is 10.9 Å². The van der Waals surface area contributed by atoms with Crippen LogP contribution >= 0.6 is 11.6 Å². The van der Waals surface area contributed by atoms with Gasteiger partial charge in [0, 0.05) is 48.6 Å². The van der Waals surface area contributed by atoms with Crippen LogP contribution in [0.1, 0.15) is 56.0 Å². The third-order valence-electron chi connectivity index (χ3n) is 8.65. The molecule has 0 radical (unpaired) electrons. The minimum Gasteiger partial charge on any atom is -0.507 e. The van der Waals surface area contributed by atoms with E-state index in [1.54, 1.807) is 42.7 Å². The first-order valence-corrected chi connectivity index (χ1v) is 16.0. The van der Waals surface area contributed by atoms with E-state index >= 15 is 0 Å². The molecule has 2 unspecified atom stereocenters. The van der Waals surface area contributed by atoms with Crippen LogP contribution in [-0.4, -0.2) is 38.1 Å². The lowest BCUT2D eigenvalue weighted by Crippen LogP contribution is -2.29. The molecule has 0 spiro atoms. The zero-order valence-corrected chi connectivity index (χ0v) is 27.0. The van der Waals surface area contributed by atoms with Crippen LogP contribution in [0.25, 0.3) is 0 Å². The second-order valence-electron chi connectivity index (χ2n) is 11.7. The highest BCUT2D eigenvalue weighted by atomic mass is 35.5. The molecule has 248 valence electrons. The number of aliphatic imine (C=N–C) groups is 1. The molecule has 0 saturated carbocycles. The van der Waals surface area contributed by atoms with Gasteiger partial charge in [-0.1, -0.05) is 54.1 Å². The number of aromatic nitrogens is 2. The van der Waals surface area contributed by atoms with Crippen molar-refractivity contribution in [3.05, 3.63) is 171 Å². The SMILES string of the molecule is O=C1C=C2Oc3c(ccc(O)c3/C=N\c3ccc(F)cc3CNC(c3ccccn3)c3ccccn3)C(c3ccccc3C(=O)O)C2C=C1Cl. The topological polar surface area (TPSA) is 134 Å². The molecule has 5 aromatic rings. The highest BCUT2D eigenvalue weighted by Crippen LogP contribution is 2.51. The summed E-state index contributed by atoms with van der Waals surface area (Å²) in [5, 5.41) is 24.6. The molecule has 3 heterocycles. The van der Waals surface area contributed by atoms with E-state index in [2.05, 4.69) is 20.3 Å². The normalized spacial score (nSPS) is 16.7. The molecule has 1 aliphatic carbocycles. The maximum Gasteiger partial charge on any atom is 0.335 e. The van der Waals surface area contributed by atoms with E-state index in [0.29, 0.717) is 22.4 Å². The molecule has 0 saturated heterocycles. The first kappa shape index (κ1) is 32.6. The number of ether oxygens (including phenoxy) is 1. The van der Waals surface area contributed by atoms with Crippen LogP contribution in [-0.2, 0) is 11.3 Å². The minimum atomic E-state index is -1.12. The number of aromatic carboxylic acids is 1. The average Bonchev–Trinajstić information content (AvgIpc) is 3.12. The third-order valence-corrected chi connectivity index (χ3v) is 8.96. The number of ketones is 1. The van der Waals surface area contributed by atoms with Gasteiger partial charge in [0.1, 0.15) is 23.1 Å². The molecular formula is C39H28ClFN4O5. The molecule has 0 fully saturated rings. The Hall–Kier alpha value is -5.97. The summed E-state index contributed by atoms with van der Waals surface area (Å²) in [6.07, 6.45) is 7.64. The Balaban J connectivity index is 1.28. The Morgan fingerprint density at radius 2 is 1.70 bits per heavy atom. The van der Waals surface area contributed by atoms with Crippen LogP contribution in [0.2, 0.25) is 0 Å². The van der Waals surface area contributed by atoms with Crippen molar-refractivity contribution in [2.45, 2.75) is 18.5 Å². The Labute approximate surface area is 291 Å². The van der Waals surface area contributed by atoms with Crippen LogP contribution in [0.4, 0.5) is 10.1 Å². The van der Waals surface area contributed by atoms with E-state index in [-0.39, 0.29) is 40.0 Å². The van der Waals surface area contributed by atoms with Crippen LogP contribution in [0.3, 0.4) is 0 Å². The average molecular weight is 687 g/mol. The summed E-state index contributed by atoms with van der Waals surface area (Å²) < 4.78 is 20.9. The standard InChI is InChI=1S/C39H28ClFN4O5/c40-29-18-27-35(19-34(29)47)50-38-26(36(27)24-7-1-2-8-25(24)39(48)49)12-14-33(46)28(38)21-44-30-13-11-23(41)17-22(30)20-45-37(31-9-3-5-15-42-31)32-10-4-6-16-43-32/h1-19,21,27,36-37,45-46H,20H2,(H,48,49)/b44-21-. The fourth-order valence-electron chi connectivity index (χ4n) is 6.32. The number of nitrogens with zero attached hydrogens (tertiary/aromatic N) is 3. The number of hydrogen-bond donors (Lipinski definition) is 3. The van der Waals surface area contributed by atoms with Crippen LogP contribution in [0.5, 0.6) is 11.5 Å². The molecule has 7 rings (SSSR count). The molecule has 2 aliphatic rings. The van der Waals surface area contributed by atoms with Crippen LogP contribution < -0.4 is 10.1 Å². The number of allylic oxidation sites excluding steroid dienone is 3. The Morgan fingerprint density at radius 1 is 0.980 bits per heavy atom. The molecule has 0 bridgehead atoms. The van der Waals surface area contributed by atoms with E-state index in [1.807, 2.05) is 36.4 Å². The minimum absolute atomic E-state index is 0.00468. The summed E-state index contributed by atoms with van der Waals surface area (Å²) in [6, 6.07) is 24.7. The predicted octanol–water partition coefficient (Wildman–Crippen LogP) is 7.38. The lowest BCUT2D eigenvalue weighted by atomic mass is 9.74. The van der Waals surface area contributed by atoms with Gasteiger partial charge in [-0.2, -0.15) is 0 Å². The number of pyridine rings is 2. The lowest BCUT2D eigenvalue weighted by molar-refractivity contribution is -0.111. The second-order valence-corrected chi connectivity index (χ2v) is 12.1. The number of carbonyl (C=O) groups excluding carboxylic acids is 1. The summed E-state index contributed by atoms with van der Waals surface area (Å²) in [7, 11) is 0. The monoisotopic (exact) mass is 686 g/mol. The highest BCUT2D eigenvalue weighted by Gasteiger charge is 2.40. The zero-order valence-electron chi connectivity index (χ0n) is 26.2. The summed E-state index contributed by atoms with van der Waals surface area (Å²) in [5.74, 6) is -2.97. The maximum absolute atomic E-state index is 14.6. The first-order chi connectivity index (χ1) is 24.3. The molecule has 1 aliphatic heterocycles. The van der Waals surface area contributed by atoms with Crippen molar-refractivity contribution in [3.63, 3.8) is 0 Å². The zero-order chi connectivity index (χ0) is 34.8. The molecule has 2 aromatic heterocycles. The van der Waals surface area contributed by atoms with Gasteiger partial charge >= 0.3 is 5.97 Å². The second kappa shape index (κ2) is 13.9. The number of benzene rings is 3. The number of fused-ring (bicyclic) bond motifs is 2. The fraction of sp³-hybridized carbons (Fsp3) is 0.103. The number of rotatable bonds is 9. The van der Waals surface area contributed by atoms with E-state index in [4.69, 9.17) is 16.3 Å². The summed E-state index contributed by atoms with van der Waals surface area (Å²) >= 11 is 6.28. The van der Waals surface area contributed by atoms with Gasteiger partial charge in [-0.3, -0.25) is 25.1 Å². The van der Waals surface area contributed by atoms with Crippen LogP contribution in [0.15, 0.2) is 131 Å². The Kier molecular flexibility index (Phi) is 9.04. The van der Waals surface area contributed by atoms with Crippen molar-refractivity contribution < 1.29 is 28.9 Å². The molecule has 11 heteroatoms. The number of carbonyl (C=O) groups is 2. The first-order valence-electron chi connectivity index (χ1n) is 15.7. The van der Waals surface area contributed by atoms with E-state index in [9.17, 15) is 24.2 Å². The van der Waals surface area contributed by atoms with Crippen molar-refractivity contribution in [1.29, 1.82) is 0 Å². The van der Waals surface area contributed by atoms with Gasteiger partial charge in [-0.25, -0.2) is 9.18 Å². The number of aromatic hydroxyl groups is 1. The summed E-state index contributed by atoms with van der Waals surface area (Å²) in [5.41, 5.74) is 3.71. The number of phenols is 1. The Bertz CT molecular complexity index is 2170. The molecule has 9 nitrogen and oxygen atoms in total. The lowest BCUT2D eigenvalue weighted by Gasteiger charge is -2.36. The molecule has 3 aromatic carbocycles. The van der Waals surface area contributed by atoms with Crippen molar-refractivity contribution in [2.75, 3.05) is 0 Å². The quantitative estimate of drug-likeness (QED) is 0.137. The van der Waals surface area contributed by atoms with Crippen LogP contribution in [0, 0.1) is 11.7 Å². The van der Waals surface area contributed by atoms with E-state index in [0.717, 1.165) is 11.4 Å². The van der Waals surface area contributed by atoms with Gasteiger partial charge in [-0.05, 0) is 65.7 Å². The van der Waals surface area contributed by atoms with Gasteiger partial charge in [0.25, 0.3) is 0 Å². The van der Waals surface area contributed by atoms with E-state index < -0.39 is 35.4 Å². The predicted molar refractivity (Wildman–Crippen MR) is 185 cm³/mol. The fourth-order valence-corrected chi connectivity index (χ4v) is 6.51. The highest BCUT2D eigenvalue weighted by molar-refractivity contribution is 6.44. The van der Waals surface area contributed by atoms with Gasteiger partial charge < -0.3 is 14.9 Å². The number of carboxylic acids is 1. The molecule has 3 N–H and O–H groups in total. The molecule has 2 atom stereocenters. The van der Waals surface area contributed by atoms with Crippen molar-refractivity contribution in [1.82, 2.24) is 15.3 Å². The Morgan fingerprint density at radius 3 is 2.40 bits per heavy atom. The third kappa shape index (κ3) is 6.41. The smallest absolute Gasteiger partial charge is 0.335 e. The number of carboxylic acid groups (broad SMARTS) is 1. The summed E-state index contributed by atoms with van der Waals surface area (Å²) in [4.78, 5) is 38.6. The van der Waals surface area contributed by atoms with Gasteiger partial charge in [0.2, 0.25) is 0 Å². The summed E-state index contributed by atoms with van der Waals surface area (Å²) in [6.45, 7) is 0.190. The van der Waals surface area contributed by atoms with Crippen molar-refractivity contribution >= 4 is 35.3 Å². The number of halogens is 2. The number of hydrogen-bond acceptors (Lipinski definition) is 8. The number of nitrogens with one attached hydrogen (secondary N) is 1. The van der Waals surface area contributed by atoms with Gasteiger partial charge in [-0.15, -0.1) is 0 Å². The molecule has 0 amide bonds. The van der Waals surface area contributed by atoms with Gasteiger partial charge in [0.15, 0.2) is 5.78 Å². The van der Waals surface area contributed by atoms with E-state index in [1.165, 1.54) is 42.6 Å².